The van der Waals surface area contributed by atoms with E-state index < -0.39 is 16.0 Å². The van der Waals surface area contributed by atoms with Crippen LogP contribution in [0.5, 0.6) is 5.75 Å². The lowest BCUT2D eigenvalue weighted by Gasteiger charge is -2.30. The Morgan fingerprint density at radius 1 is 1.16 bits per heavy atom. The first-order valence-corrected chi connectivity index (χ1v) is 12.0. The van der Waals surface area contributed by atoms with Crippen LogP contribution in [-0.4, -0.2) is 40.0 Å². The summed E-state index contributed by atoms with van der Waals surface area (Å²) in [4.78, 5) is 14.4. The van der Waals surface area contributed by atoms with Gasteiger partial charge in [-0.05, 0) is 49.2 Å². The number of nitrogens with zero attached hydrogens (tertiary/aromatic N) is 3. The third kappa shape index (κ3) is 4.56. The molecule has 4 rings (SSSR count). The van der Waals surface area contributed by atoms with Crippen LogP contribution in [0.1, 0.15) is 41.6 Å². The second kappa shape index (κ2) is 9.18. The van der Waals surface area contributed by atoms with Gasteiger partial charge in [-0.25, -0.2) is 4.79 Å². The average molecular weight is 474 g/mol. The molecule has 2 aliphatic rings. The number of fused-ring (bicyclic) bond motifs is 3. The molecule has 0 spiro atoms. The lowest BCUT2D eigenvalue weighted by Crippen LogP contribution is -2.35. The highest BCUT2D eigenvalue weighted by molar-refractivity contribution is 7.90. The number of esters is 1. The molecule has 10 heteroatoms. The first kappa shape index (κ1) is 22.1. The number of nitriles is 1. The quantitative estimate of drug-likeness (QED) is 0.478. The van der Waals surface area contributed by atoms with Crippen LogP contribution in [0.4, 0.5) is 5.69 Å². The second-order valence-electron chi connectivity index (χ2n) is 7.37. The number of hydrogen-bond donors (Lipinski definition) is 0. The Balaban J connectivity index is 1.47. The van der Waals surface area contributed by atoms with E-state index in [0.717, 1.165) is 19.3 Å². The highest BCUT2D eigenvalue weighted by Gasteiger charge is 2.33. The summed E-state index contributed by atoms with van der Waals surface area (Å²) >= 11 is 6.34. The number of carbonyl (C=O) groups excluding carboxylic acids is 1. The van der Waals surface area contributed by atoms with Crippen LogP contribution < -0.4 is 9.64 Å². The van der Waals surface area contributed by atoms with Crippen molar-refractivity contribution in [2.45, 2.75) is 30.6 Å². The molecule has 1 saturated heterocycles. The van der Waals surface area contributed by atoms with E-state index in [1.165, 1.54) is 12.1 Å². The summed E-state index contributed by atoms with van der Waals surface area (Å²) in [7, 11) is -3.94. The van der Waals surface area contributed by atoms with Gasteiger partial charge in [0.05, 0.1) is 27.9 Å². The fraction of sp³-hybridized carbons (Fsp3) is 0.318. The molecule has 2 aliphatic heterocycles. The minimum absolute atomic E-state index is 0.0409. The van der Waals surface area contributed by atoms with E-state index >= 15 is 0 Å². The molecular weight excluding hydrogens is 454 g/mol. The molecule has 2 aromatic carbocycles. The van der Waals surface area contributed by atoms with Crippen LogP contribution in [0.2, 0.25) is 5.02 Å². The standard InChI is InChI=1S/C22H20ClN3O5S/c23-18-13-19-20(32(28,29)25-21-4-2-1-3-9-26(19)21)12-17(18)22(27)31-11-10-30-16-7-5-15(14-24)6-8-16/h5-8,12-13H,1-4,9-11H2. The normalized spacial score (nSPS) is 16.6. The maximum Gasteiger partial charge on any atom is 0.339 e. The van der Waals surface area contributed by atoms with E-state index in [9.17, 15) is 13.2 Å². The highest BCUT2D eigenvalue weighted by atomic mass is 35.5. The monoisotopic (exact) mass is 473 g/mol. The number of halogens is 1. The molecule has 0 unspecified atom stereocenters. The van der Waals surface area contributed by atoms with Gasteiger partial charge in [0.2, 0.25) is 0 Å². The Morgan fingerprint density at radius 3 is 2.69 bits per heavy atom. The minimum atomic E-state index is -3.94. The summed E-state index contributed by atoms with van der Waals surface area (Å²) in [6.07, 6.45) is 3.37. The number of rotatable bonds is 5. The maximum absolute atomic E-state index is 12.7. The van der Waals surface area contributed by atoms with Gasteiger partial charge in [0.15, 0.2) is 0 Å². The number of anilines is 1. The summed E-state index contributed by atoms with van der Waals surface area (Å²) in [5.41, 5.74) is 0.917. The van der Waals surface area contributed by atoms with Gasteiger partial charge in [-0.3, -0.25) is 0 Å². The molecule has 0 amide bonds. The molecule has 1 fully saturated rings. The molecule has 0 saturated carbocycles. The molecule has 166 valence electrons. The molecule has 2 heterocycles. The second-order valence-corrected chi connectivity index (χ2v) is 9.34. The Kier molecular flexibility index (Phi) is 6.35. The van der Waals surface area contributed by atoms with Crippen molar-refractivity contribution >= 4 is 39.1 Å². The average Bonchev–Trinajstić information content (AvgIpc) is 3.01. The van der Waals surface area contributed by atoms with Gasteiger partial charge in [0.1, 0.15) is 29.7 Å². The van der Waals surface area contributed by atoms with Gasteiger partial charge < -0.3 is 14.4 Å². The van der Waals surface area contributed by atoms with E-state index in [1.54, 1.807) is 24.3 Å². The van der Waals surface area contributed by atoms with Gasteiger partial charge in [0, 0.05) is 13.0 Å². The molecule has 0 radical (unpaired) electrons. The summed E-state index contributed by atoms with van der Waals surface area (Å²) in [6, 6.07) is 11.3. The van der Waals surface area contributed by atoms with E-state index in [1.807, 2.05) is 11.0 Å². The van der Waals surface area contributed by atoms with Crippen LogP contribution in [0, 0.1) is 11.3 Å². The molecule has 0 aromatic heterocycles. The number of sulfonamides is 1. The van der Waals surface area contributed by atoms with Crippen molar-refractivity contribution in [1.29, 1.82) is 5.26 Å². The SMILES string of the molecule is N#Cc1ccc(OCCOC(=O)c2cc3c(cc2Cl)N2CCCCCC2=NS3(=O)=O)cc1. The molecule has 32 heavy (non-hydrogen) atoms. The van der Waals surface area contributed by atoms with Crippen LogP contribution in [0.25, 0.3) is 0 Å². The van der Waals surface area contributed by atoms with E-state index in [4.69, 9.17) is 26.3 Å². The van der Waals surface area contributed by atoms with E-state index in [2.05, 4.69) is 4.40 Å². The molecule has 0 atom stereocenters. The van der Waals surface area contributed by atoms with Crippen LogP contribution >= 0.6 is 11.6 Å². The molecule has 0 N–H and O–H groups in total. The Morgan fingerprint density at radius 2 is 1.94 bits per heavy atom. The van der Waals surface area contributed by atoms with Gasteiger partial charge in [-0.2, -0.15) is 13.7 Å². The smallest absolute Gasteiger partial charge is 0.339 e. The molecule has 0 bridgehead atoms. The van der Waals surface area contributed by atoms with Crippen molar-refractivity contribution in [1.82, 2.24) is 0 Å². The first-order valence-electron chi connectivity index (χ1n) is 10.1. The predicted octanol–water partition coefficient (Wildman–Crippen LogP) is 3.93. The van der Waals surface area contributed by atoms with Crippen molar-refractivity contribution in [2.24, 2.45) is 4.40 Å². The number of hydrogen-bond acceptors (Lipinski definition) is 7. The third-order valence-corrected chi connectivity index (χ3v) is 6.87. The number of carbonyl (C=O) groups is 1. The first-order chi connectivity index (χ1) is 15.4. The van der Waals surface area contributed by atoms with Crippen molar-refractivity contribution in [3.63, 3.8) is 0 Å². The molecular formula is C22H20ClN3O5S. The maximum atomic E-state index is 12.7. The Labute approximate surface area is 191 Å². The zero-order valence-corrected chi connectivity index (χ0v) is 18.7. The molecule has 2 aromatic rings. The van der Waals surface area contributed by atoms with Crippen molar-refractivity contribution in [2.75, 3.05) is 24.7 Å². The van der Waals surface area contributed by atoms with E-state index in [0.29, 0.717) is 35.8 Å². The molecule has 8 nitrogen and oxygen atoms in total. The largest absolute Gasteiger partial charge is 0.490 e. The van der Waals surface area contributed by atoms with Crippen molar-refractivity contribution in [3.8, 4) is 11.8 Å². The zero-order chi connectivity index (χ0) is 22.7. The fourth-order valence-electron chi connectivity index (χ4n) is 3.65. The number of ether oxygens (including phenoxy) is 2. The summed E-state index contributed by atoms with van der Waals surface area (Å²) < 4.78 is 40.1. The molecule has 0 aliphatic carbocycles. The summed E-state index contributed by atoms with van der Waals surface area (Å²) in [5.74, 6) is 0.299. The van der Waals surface area contributed by atoms with Gasteiger partial charge in [-0.15, -0.1) is 4.40 Å². The third-order valence-electron chi connectivity index (χ3n) is 5.23. The van der Waals surface area contributed by atoms with Crippen LogP contribution in [-0.2, 0) is 14.8 Å². The number of amidine groups is 1. The van der Waals surface area contributed by atoms with Crippen molar-refractivity contribution < 1.29 is 22.7 Å². The van der Waals surface area contributed by atoms with Crippen LogP contribution in [0.15, 0.2) is 45.7 Å². The van der Waals surface area contributed by atoms with E-state index in [-0.39, 0.29) is 28.7 Å². The summed E-state index contributed by atoms with van der Waals surface area (Å²) in [5, 5.41) is 8.92. The topological polar surface area (TPSA) is 109 Å². The highest BCUT2D eigenvalue weighted by Crippen LogP contribution is 2.38. The lowest BCUT2D eigenvalue weighted by atomic mass is 10.1. The summed E-state index contributed by atoms with van der Waals surface area (Å²) in [6.45, 7) is 0.668. The predicted molar refractivity (Wildman–Crippen MR) is 119 cm³/mol. The minimum Gasteiger partial charge on any atom is -0.490 e. The van der Waals surface area contributed by atoms with Crippen LogP contribution in [0.3, 0.4) is 0 Å². The van der Waals surface area contributed by atoms with Gasteiger partial charge in [0.25, 0.3) is 10.0 Å². The van der Waals surface area contributed by atoms with Gasteiger partial charge >= 0.3 is 5.97 Å². The lowest BCUT2D eigenvalue weighted by molar-refractivity contribution is 0.0450. The van der Waals surface area contributed by atoms with Crippen molar-refractivity contribution in [3.05, 3.63) is 52.5 Å². The Bertz CT molecular complexity index is 1220. The zero-order valence-electron chi connectivity index (χ0n) is 17.1. The van der Waals surface area contributed by atoms with Gasteiger partial charge in [-0.1, -0.05) is 18.0 Å². The number of benzene rings is 2. The Hall–Kier alpha value is -3.09. The fourth-order valence-corrected chi connectivity index (χ4v) is 5.15.